The van der Waals surface area contributed by atoms with E-state index in [1.54, 1.807) is 31.2 Å². The molecule has 14 nitrogen and oxygen atoms in total. The largest absolute Gasteiger partial charge is 0.378 e. The van der Waals surface area contributed by atoms with E-state index in [1.807, 2.05) is 34.1 Å². The number of amides is 4. The summed E-state index contributed by atoms with van der Waals surface area (Å²) in [6.45, 7) is 13.4. The Morgan fingerprint density at radius 1 is 0.694 bits per heavy atom. The van der Waals surface area contributed by atoms with Gasteiger partial charge in [0.1, 0.15) is 0 Å². The number of benzene rings is 2. The number of anilines is 4. The van der Waals surface area contributed by atoms with Crippen molar-refractivity contribution in [3.8, 4) is 11.4 Å². The highest BCUT2D eigenvalue weighted by Crippen LogP contribution is 2.25. The first kappa shape index (κ1) is 34.1. The highest BCUT2D eigenvalue weighted by atomic mass is 16.5. The van der Waals surface area contributed by atoms with Gasteiger partial charge in [-0.05, 0) is 67.9 Å². The summed E-state index contributed by atoms with van der Waals surface area (Å²) in [5.41, 5.74) is 2.59. The number of nitrogens with zero attached hydrogens (tertiary/aromatic N) is 8. The zero-order valence-corrected chi connectivity index (χ0v) is 28.4. The van der Waals surface area contributed by atoms with E-state index in [1.165, 1.54) is 0 Å². The Morgan fingerprint density at radius 2 is 1.29 bits per heavy atom. The molecule has 0 aliphatic carbocycles. The Labute approximate surface area is 287 Å². The molecule has 14 heteroatoms. The van der Waals surface area contributed by atoms with E-state index in [0.717, 1.165) is 57.7 Å². The number of urea groups is 1. The molecule has 49 heavy (non-hydrogen) atoms. The van der Waals surface area contributed by atoms with Gasteiger partial charge < -0.3 is 35.0 Å². The molecule has 0 radical (unpaired) electrons. The molecule has 2 aromatic carbocycles. The molecule has 1 aromatic heterocycles. The zero-order chi connectivity index (χ0) is 34.2. The van der Waals surface area contributed by atoms with Crippen molar-refractivity contribution in [1.29, 1.82) is 0 Å². The molecule has 4 heterocycles. The van der Waals surface area contributed by atoms with E-state index in [-0.39, 0.29) is 11.8 Å². The molecule has 0 saturated carbocycles. The van der Waals surface area contributed by atoms with Gasteiger partial charge in [0.15, 0.2) is 5.82 Å². The monoisotopic (exact) mass is 670 g/mol. The van der Waals surface area contributed by atoms with Crippen LogP contribution in [0.3, 0.4) is 0 Å². The minimum Gasteiger partial charge on any atom is -0.378 e. The first-order valence-corrected chi connectivity index (χ1v) is 17.3. The number of carbonyl (C=O) groups is 3. The van der Waals surface area contributed by atoms with Gasteiger partial charge >= 0.3 is 6.03 Å². The smallest absolute Gasteiger partial charge is 0.323 e. The predicted molar refractivity (Wildman–Crippen MR) is 189 cm³/mol. The van der Waals surface area contributed by atoms with Crippen LogP contribution in [0, 0.1) is 0 Å². The van der Waals surface area contributed by atoms with Gasteiger partial charge in [0.25, 0.3) is 5.91 Å². The van der Waals surface area contributed by atoms with Crippen molar-refractivity contribution >= 4 is 41.1 Å². The summed E-state index contributed by atoms with van der Waals surface area (Å²) < 4.78 is 5.55. The minimum atomic E-state index is -0.392. The number of ether oxygens (including phenoxy) is 1. The molecule has 2 N–H and O–H groups in total. The van der Waals surface area contributed by atoms with Crippen LogP contribution >= 0.6 is 0 Å². The van der Waals surface area contributed by atoms with Crippen molar-refractivity contribution in [1.82, 2.24) is 29.7 Å². The Morgan fingerprint density at radius 3 is 1.90 bits per heavy atom. The van der Waals surface area contributed by atoms with E-state index in [0.29, 0.717) is 80.6 Å². The topological polar surface area (TPSA) is 139 Å². The van der Waals surface area contributed by atoms with Gasteiger partial charge in [-0.1, -0.05) is 6.92 Å². The molecular weight excluding hydrogens is 624 g/mol. The second-order valence-electron chi connectivity index (χ2n) is 12.6. The van der Waals surface area contributed by atoms with Gasteiger partial charge in [0.2, 0.25) is 17.8 Å². The van der Waals surface area contributed by atoms with E-state index >= 15 is 0 Å². The number of carbonyl (C=O) groups excluding carboxylic acids is 3. The van der Waals surface area contributed by atoms with E-state index in [9.17, 15) is 14.4 Å². The second kappa shape index (κ2) is 16.1. The van der Waals surface area contributed by atoms with Crippen molar-refractivity contribution in [3.05, 3.63) is 54.1 Å². The lowest BCUT2D eigenvalue weighted by Gasteiger charge is -2.34. The van der Waals surface area contributed by atoms with Crippen LogP contribution in [-0.4, -0.2) is 133 Å². The van der Waals surface area contributed by atoms with Crippen LogP contribution < -0.4 is 20.4 Å². The SMILES string of the molecule is CCCN1CCN(C(=O)c2ccc(NC(=O)Nc3ccc(-c4nc(N5CCOCC5)nc(N5CCCN(C(C)=O)CC5)n4)cc3)cc2)CC1. The predicted octanol–water partition coefficient (Wildman–Crippen LogP) is 3.25. The molecule has 0 bridgehead atoms. The van der Waals surface area contributed by atoms with Crippen LogP contribution in [0.5, 0.6) is 0 Å². The third-order valence-corrected chi connectivity index (χ3v) is 9.12. The Balaban J connectivity index is 1.09. The average Bonchev–Trinajstić information content (AvgIpc) is 3.40. The molecule has 3 saturated heterocycles. The molecule has 260 valence electrons. The fraction of sp³-hybridized carbons (Fsp3) is 0.486. The maximum absolute atomic E-state index is 13.0. The van der Waals surface area contributed by atoms with Gasteiger partial charge in [0, 0.05) is 94.9 Å². The van der Waals surface area contributed by atoms with Crippen molar-refractivity contribution in [2.24, 2.45) is 0 Å². The minimum absolute atomic E-state index is 0.0145. The van der Waals surface area contributed by atoms with Crippen LogP contribution in [0.1, 0.15) is 37.0 Å². The molecular formula is C35H46N10O4. The summed E-state index contributed by atoms with van der Waals surface area (Å²) in [6, 6.07) is 14.0. The van der Waals surface area contributed by atoms with Crippen LogP contribution in [0.4, 0.5) is 28.1 Å². The average molecular weight is 671 g/mol. The fourth-order valence-electron chi connectivity index (χ4n) is 6.33. The summed E-state index contributed by atoms with van der Waals surface area (Å²) in [5.74, 6) is 1.81. The summed E-state index contributed by atoms with van der Waals surface area (Å²) in [4.78, 5) is 62.7. The maximum Gasteiger partial charge on any atom is 0.323 e. The molecule has 0 atom stereocenters. The van der Waals surface area contributed by atoms with Crippen molar-refractivity contribution in [2.45, 2.75) is 26.7 Å². The molecule has 3 aliphatic rings. The molecule has 0 unspecified atom stereocenters. The fourth-order valence-corrected chi connectivity index (χ4v) is 6.33. The Kier molecular flexibility index (Phi) is 11.2. The lowest BCUT2D eigenvalue weighted by molar-refractivity contribution is -0.128. The molecule has 0 spiro atoms. The van der Waals surface area contributed by atoms with Gasteiger partial charge in [-0.3, -0.25) is 14.5 Å². The van der Waals surface area contributed by atoms with Crippen LogP contribution in [0.15, 0.2) is 48.5 Å². The second-order valence-corrected chi connectivity index (χ2v) is 12.6. The highest BCUT2D eigenvalue weighted by molar-refractivity contribution is 6.00. The first-order chi connectivity index (χ1) is 23.9. The summed E-state index contributed by atoms with van der Waals surface area (Å²) in [5, 5.41) is 5.72. The summed E-state index contributed by atoms with van der Waals surface area (Å²) in [6.07, 6.45) is 1.94. The zero-order valence-electron chi connectivity index (χ0n) is 28.4. The number of nitrogens with one attached hydrogen (secondary N) is 2. The maximum atomic E-state index is 13.0. The molecule has 4 amide bonds. The van der Waals surface area contributed by atoms with Crippen LogP contribution in [0.2, 0.25) is 0 Å². The number of hydrogen-bond acceptors (Lipinski definition) is 10. The Hall–Kier alpha value is -4.82. The number of aromatic nitrogens is 3. The lowest BCUT2D eigenvalue weighted by atomic mass is 10.1. The van der Waals surface area contributed by atoms with Crippen molar-refractivity contribution < 1.29 is 19.1 Å². The van der Waals surface area contributed by atoms with Gasteiger partial charge in [-0.2, -0.15) is 15.0 Å². The number of rotatable bonds is 8. The Bertz CT molecular complexity index is 1590. The number of morpholine rings is 1. The molecule has 3 aliphatic heterocycles. The normalized spacial score (nSPS) is 17.4. The lowest BCUT2D eigenvalue weighted by Crippen LogP contribution is -2.48. The van der Waals surface area contributed by atoms with Gasteiger partial charge in [0.05, 0.1) is 13.2 Å². The third-order valence-electron chi connectivity index (χ3n) is 9.12. The highest BCUT2D eigenvalue weighted by Gasteiger charge is 2.24. The standard InChI is InChI=1S/C35H46N10O4/c1-3-13-41-16-18-43(19-17-41)32(47)28-7-11-30(12-8-28)37-35(48)36-29-9-5-27(6-10-29)31-38-33(40-34(39-31)45-22-24-49-25-23-45)44-15-4-14-42(20-21-44)26(2)46/h5-12H,3-4,13-25H2,1-2H3,(H2,36,37,48). The van der Waals surface area contributed by atoms with Crippen LogP contribution in [-0.2, 0) is 9.53 Å². The van der Waals surface area contributed by atoms with E-state index in [4.69, 9.17) is 19.7 Å². The molecule has 6 rings (SSSR count). The summed E-state index contributed by atoms with van der Waals surface area (Å²) in [7, 11) is 0. The number of hydrogen-bond donors (Lipinski definition) is 2. The summed E-state index contributed by atoms with van der Waals surface area (Å²) >= 11 is 0. The van der Waals surface area contributed by atoms with E-state index in [2.05, 4.69) is 32.3 Å². The third kappa shape index (κ3) is 8.81. The van der Waals surface area contributed by atoms with Crippen molar-refractivity contribution in [2.75, 3.05) is 106 Å². The van der Waals surface area contributed by atoms with Gasteiger partial charge in [-0.15, -0.1) is 0 Å². The van der Waals surface area contributed by atoms with Gasteiger partial charge in [-0.25, -0.2) is 4.79 Å². The van der Waals surface area contributed by atoms with Crippen LogP contribution in [0.25, 0.3) is 11.4 Å². The first-order valence-electron chi connectivity index (χ1n) is 17.3. The van der Waals surface area contributed by atoms with E-state index < -0.39 is 6.03 Å². The van der Waals surface area contributed by atoms with Crippen molar-refractivity contribution in [3.63, 3.8) is 0 Å². The number of piperazine rings is 1. The quantitative estimate of drug-likeness (QED) is 0.367. The molecule has 3 fully saturated rings. The molecule has 3 aromatic rings.